The molecule has 1 aromatic carbocycles. The Hall–Kier alpha value is -2.52. The number of carbonyl (C=O) groups excluding carboxylic acids is 1. The smallest absolute Gasteiger partial charge is 0.324 e. The zero-order valence-corrected chi connectivity index (χ0v) is 13.9. The molecule has 3 rings (SSSR count). The number of aromatic nitrogens is 2. The number of aryl methyl sites for hydroxylation is 2. The second-order valence-corrected chi connectivity index (χ2v) is 6.72. The summed E-state index contributed by atoms with van der Waals surface area (Å²) in [5.41, 5.74) is 1.16. The van der Waals surface area contributed by atoms with E-state index in [0.29, 0.717) is 12.3 Å². The molecule has 122 valence electrons. The second kappa shape index (κ2) is 7.37. The van der Waals surface area contributed by atoms with Crippen molar-refractivity contribution in [2.24, 2.45) is 0 Å². The molecule has 2 aromatic heterocycles. The highest BCUT2D eigenvalue weighted by molar-refractivity contribution is 8.14. The third kappa shape index (κ3) is 4.06. The lowest BCUT2D eigenvalue weighted by Gasteiger charge is -1.96. The van der Waals surface area contributed by atoms with Crippen LogP contribution in [0.25, 0.3) is 0 Å². The lowest BCUT2D eigenvalue weighted by atomic mass is 10.1. The number of carbonyl (C=O) groups is 1. The molecule has 0 aliphatic rings. The van der Waals surface area contributed by atoms with Crippen LogP contribution >= 0.6 is 23.1 Å². The third-order valence-corrected chi connectivity index (χ3v) is 4.98. The van der Waals surface area contributed by atoms with Crippen LogP contribution in [-0.2, 0) is 12.8 Å². The molecule has 7 nitrogen and oxygen atoms in total. The van der Waals surface area contributed by atoms with Crippen molar-refractivity contribution in [3.8, 4) is 0 Å². The van der Waals surface area contributed by atoms with Gasteiger partial charge in [0.25, 0.3) is 5.22 Å². The zero-order valence-electron chi connectivity index (χ0n) is 12.2. The van der Waals surface area contributed by atoms with Crippen LogP contribution < -0.4 is 0 Å². The van der Waals surface area contributed by atoms with Crippen LogP contribution in [-0.4, -0.2) is 20.2 Å². The first-order valence-electron chi connectivity index (χ1n) is 6.94. The first-order chi connectivity index (χ1) is 11.6. The maximum atomic E-state index is 12.1. The molecule has 2 heterocycles. The molecule has 3 aromatic rings. The molecule has 0 unspecified atom stereocenters. The van der Waals surface area contributed by atoms with E-state index in [2.05, 4.69) is 10.2 Å². The fourth-order valence-electron chi connectivity index (χ4n) is 1.94. The average molecular weight is 361 g/mol. The summed E-state index contributed by atoms with van der Waals surface area (Å²) in [6.07, 6.45) is 1.34. The SMILES string of the molecule is O=C(Sc1nnc(CCc2ccccc2)o1)c1ccc([N+](=O)[O-])s1. The van der Waals surface area contributed by atoms with Gasteiger partial charge in [0.05, 0.1) is 9.80 Å². The van der Waals surface area contributed by atoms with Gasteiger partial charge in [-0.3, -0.25) is 14.9 Å². The van der Waals surface area contributed by atoms with E-state index in [1.807, 2.05) is 30.3 Å². The van der Waals surface area contributed by atoms with E-state index < -0.39 is 4.92 Å². The fourth-order valence-corrected chi connectivity index (χ4v) is 3.39. The lowest BCUT2D eigenvalue weighted by molar-refractivity contribution is -0.380. The fraction of sp³-hybridized carbons (Fsp3) is 0.133. The maximum Gasteiger partial charge on any atom is 0.324 e. The Morgan fingerprint density at radius 2 is 1.96 bits per heavy atom. The van der Waals surface area contributed by atoms with Crippen molar-refractivity contribution in [1.82, 2.24) is 10.2 Å². The number of nitrogens with zero attached hydrogens (tertiary/aromatic N) is 3. The first-order valence-corrected chi connectivity index (χ1v) is 8.58. The third-order valence-electron chi connectivity index (χ3n) is 3.07. The van der Waals surface area contributed by atoms with E-state index in [4.69, 9.17) is 4.42 Å². The largest absolute Gasteiger partial charge is 0.416 e. The van der Waals surface area contributed by atoms with E-state index >= 15 is 0 Å². The quantitative estimate of drug-likeness (QED) is 0.374. The van der Waals surface area contributed by atoms with Gasteiger partial charge in [0.2, 0.25) is 11.0 Å². The topological polar surface area (TPSA) is 99.1 Å². The van der Waals surface area contributed by atoms with Crippen molar-refractivity contribution in [2.75, 3.05) is 0 Å². The molecule has 0 atom stereocenters. The molecule has 0 amide bonds. The van der Waals surface area contributed by atoms with Crippen LogP contribution in [0.15, 0.2) is 52.1 Å². The molecule has 0 N–H and O–H groups in total. The summed E-state index contributed by atoms with van der Waals surface area (Å²) in [5, 5.41) is 18.1. The van der Waals surface area contributed by atoms with Crippen molar-refractivity contribution < 1.29 is 14.1 Å². The van der Waals surface area contributed by atoms with Crippen molar-refractivity contribution in [2.45, 2.75) is 18.1 Å². The lowest BCUT2D eigenvalue weighted by Crippen LogP contribution is -1.90. The van der Waals surface area contributed by atoms with Crippen molar-refractivity contribution in [3.05, 3.63) is 68.9 Å². The maximum absolute atomic E-state index is 12.1. The summed E-state index contributed by atoms with van der Waals surface area (Å²) in [6, 6.07) is 12.6. The van der Waals surface area contributed by atoms with Gasteiger partial charge in [-0.15, -0.1) is 10.2 Å². The Labute approximate surface area is 144 Å². The van der Waals surface area contributed by atoms with Crippen LogP contribution in [0, 0.1) is 10.1 Å². The number of hydrogen-bond acceptors (Lipinski definition) is 8. The Bertz CT molecular complexity index is 860. The number of thiophene rings is 1. The highest BCUT2D eigenvalue weighted by atomic mass is 32.2. The molecule has 24 heavy (non-hydrogen) atoms. The van der Waals surface area contributed by atoms with Crippen LogP contribution in [0.2, 0.25) is 0 Å². The summed E-state index contributed by atoms with van der Waals surface area (Å²) < 4.78 is 5.44. The van der Waals surface area contributed by atoms with Crippen molar-refractivity contribution in [3.63, 3.8) is 0 Å². The highest BCUT2D eigenvalue weighted by Crippen LogP contribution is 2.29. The Balaban J connectivity index is 1.59. The Kier molecular flexibility index (Phi) is 5.02. The minimum Gasteiger partial charge on any atom is -0.416 e. The summed E-state index contributed by atoms with van der Waals surface area (Å²) in [6.45, 7) is 0. The van der Waals surface area contributed by atoms with E-state index in [0.717, 1.165) is 35.1 Å². The van der Waals surface area contributed by atoms with Crippen molar-refractivity contribution >= 4 is 33.2 Å². The van der Waals surface area contributed by atoms with Crippen LogP contribution in [0.3, 0.4) is 0 Å². The predicted molar refractivity (Wildman–Crippen MR) is 89.3 cm³/mol. The van der Waals surface area contributed by atoms with Gasteiger partial charge in [-0.2, -0.15) is 0 Å². The molecule has 0 fully saturated rings. The monoisotopic (exact) mass is 361 g/mol. The van der Waals surface area contributed by atoms with Gasteiger partial charge in [-0.1, -0.05) is 41.7 Å². The molecule has 0 spiro atoms. The van der Waals surface area contributed by atoms with E-state index in [9.17, 15) is 14.9 Å². The van der Waals surface area contributed by atoms with E-state index in [1.54, 1.807) is 0 Å². The normalized spacial score (nSPS) is 10.7. The minimum absolute atomic E-state index is 0.0759. The standard InChI is InChI=1S/C15H11N3O4S2/c19-14(11-7-9-13(23-11)18(20)21)24-15-17-16-12(22-15)8-6-10-4-2-1-3-5-10/h1-5,7,9H,6,8H2. The summed E-state index contributed by atoms with van der Waals surface area (Å²) in [4.78, 5) is 22.5. The van der Waals surface area contributed by atoms with Gasteiger partial charge < -0.3 is 4.42 Å². The van der Waals surface area contributed by atoms with Gasteiger partial charge in [0.1, 0.15) is 0 Å². The first kappa shape index (κ1) is 16.3. The zero-order chi connectivity index (χ0) is 16.9. The van der Waals surface area contributed by atoms with Crippen molar-refractivity contribution in [1.29, 1.82) is 0 Å². The van der Waals surface area contributed by atoms with Crippen LogP contribution in [0.1, 0.15) is 21.1 Å². The molecule has 0 radical (unpaired) electrons. The van der Waals surface area contributed by atoms with Gasteiger partial charge in [-0.25, -0.2) is 0 Å². The molecular formula is C15H11N3O4S2. The predicted octanol–water partition coefficient (Wildman–Crippen LogP) is 3.76. The number of benzene rings is 1. The van der Waals surface area contributed by atoms with Crippen LogP contribution in [0.4, 0.5) is 5.00 Å². The average Bonchev–Trinajstić information content (AvgIpc) is 3.23. The summed E-state index contributed by atoms with van der Waals surface area (Å²) >= 11 is 1.60. The molecule has 0 saturated carbocycles. The number of rotatable bonds is 6. The summed E-state index contributed by atoms with van der Waals surface area (Å²) in [7, 11) is 0. The number of thioether (sulfide) groups is 1. The second-order valence-electron chi connectivity index (χ2n) is 4.73. The number of hydrogen-bond donors (Lipinski definition) is 0. The molecular weight excluding hydrogens is 350 g/mol. The minimum atomic E-state index is -0.527. The van der Waals surface area contributed by atoms with Gasteiger partial charge in [0.15, 0.2) is 0 Å². The molecule has 0 aliphatic heterocycles. The van der Waals surface area contributed by atoms with E-state index in [-0.39, 0.29) is 20.2 Å². The summed E-state index contributed by atoms with van der Waals surface area (Å²) in [5.74, 6) is 0.450. The Morgan fingerprint density at radius 1 is 1.17 bits per heavy atom. The number of nitro groups is 1. The highest BCUT2D eigenvalue weighted by Gasteiger charge is 2.19. The van der Waals surface area contributed by atoms with Crippen LogP contribution in [0.5, 0.6) is 0 Å². The molecule has 0 bridgehead atoms. The molecule has 9 heteroatoms. The molecule has 0 saturated heterocycles. The van der Waals surface area contributed by atoms with E-state index in [1.165, 1.54) is 12.1 Å². The Morgan fingerprint density at radius 3 is 2.67 bits per heavy atom. The molecule has 0 aliphatic carbocycles. The van der Waals surface area contributed by atoms with Gasteiger partial charge >= 0.3 is 5.00 Å². The van der Waals surface area contributed by atoms with Gasteiger partial charge in [0, 0.05) is 24.2 Å². The van der Waals surface area contributed by atoms with Gasteiger partial charge in [-0.05, 0) is 18.1 Å².